The fraction of sp³-hybridized carbons (Fsp3) is 0.235. The molecule has 3 nitrogen and oxygen atoms in total. The fourth-order valence-corrected chi connectivity index (χ4v) is 2.13. The maximum absolute atomic E-state index is 10.6. The molecule has 20 heavy (non-hydrogen) atoms. The number of rotatable bonds is 5. The van der Waals surface area contributed by atoms with Crippen molar-refractivity contribution in [2.24, 2.45) is 4.99 Å². The Labute approximate surface area is 119 Å². The molecule has 0 saturated carbocycles. The monoisotopic (exact) mass is 266 g/mol. The Balaban J connectivity index is 2.18. The molecule has 1 unspecified atom stereocenters. The number of isocyanates is 1. The van der Waals surface area contributed by atoms with Crippen LogP contribution in [0.4, 0.5) is 5.69 Å². The third kappa shape index (κ3) is 3.56. The first kappa shape index (κ1) is 14.0. The molecule has 102 valence electrons. The van der Waals surface area contributed by atoms with Gasteiger partial charge in [-0.25, -0.2) is 4.79 Å². The van der Waals surface area contributed by atoms with E-state index in [0.717, 1.165) is 16.8 Å². The van der Waals surface area contributed by atoms with Crippen LogP contribution in [-0.2, 0) is 11.2 Å². The van der Waals surface area contributed by atoms with Crippen molar-refractivity contribution in [3.63, 3.8) is 0 Å². The Hall–Kier alpha value is -2.38. The van der Waals surface area contributed by atoms with Crippen LogP contribution in [0.25, 0.3) is 0 Å². The zero-order valence-corrected chi connectivity index (χ0v) is 11.8. The maximum Gasteiger partial charge on any atom is 0.235 e. The lowest BCUT2D eigenvalue weighted by Crippen LogP contribution is -2.08. The lowest BCUT2D eigenvalue weighted by molar-refractivity contribution is 0.557. The Morgan fingerprint density at radius 3 is 2.25 bits per heavy atom. The normalized spacial score (nSPS) is 11.5. The highest BCUT2D eigenvalue weighted by Crippen LogP contribution is 2.23. The van der Waals surface area contributed by atoms with Crippen LogP contribution >= 0.6 is 0 Å². The predicted octanol–water partition coefficient (Wildman–Crippen LogP) is 3.37. The molecule has 2 aromatic rings. The van der Waals surface area contributed by atoms with Crippen LogP contribution in [0.2, 0.25) is 0 Å². The zero-order valence-electron chi connectivity index (χ0n) is 11.8. The van der Waals surface area contributed by atoms with Crippen molar-refractivity contribution in [2.45, 2.75) is 12.5 Å². The van der Waals surface area contributed by atoms with Crippen molar-refractivity contribution in [2.75, 3.05) is 19.0 Å². The van der Waals surface area contributed by atoms with Crippen LogP contribution in [0, 0.1) is 0 Å². The van der Waals surface area contributed by atoms with E-state index >= 15 is 0 Å². The van der Waals surface area contributed by atoms with Crippen LogP contribution < -0.4 is 4.90 Å². The van der Waals surface area contributed by atoms with Gasteiger partial charge in [-0.3, -0.25) is 0 Å². The molecule has 0 radical (unpaired) electrons. The minimum Gasteiger partial charge on any atom is -0.378 e. The molecule has 0 aliphatic carbocycles. The SMILES string of the molecule is CN(C)c1ccc(CC(N=C=O)c2ccccc2)cc1. The van der Waals surface area contributed by atoms with E-state index in [1.165, 1.54) is 0 Å². The minimum absolute atomic E-state index is 0.168. The number of anilines is 1. The van der Waals surface area contributed by atoms with Crippen molar-refractivity contribution in [1.82, 2.24) is 0 Å². The van der Waals surface area contributed by atoms with Gasteiger partial charge in [-0.1, -0.05) is 42.5 Å². The van der Waals surface area contributed by atoms with Crippen LogP contribution in [0.1, 0.15) is 17.2 Å². The summed E-state index contributed by atoms with van der Waals surface area (Å²) in [6.07, 6.45) is 2.38. The molecular weight excluding hydrogens is 248 g/mol. The van der Waals surface area contributed by atoms with E-state index in [9.17, 15) is 4.79 Å². The smallest absolute Gasteiger partial charge is 0.235 e. The van der Waals surface area contributed by atoms with Crippen LogP contribution in [0.15, 0.2) is 59.6 Å². The highest BCUT2D eigenvalue weighted by Gasteiger charge is 2.10. The third-order valence-electron chi connectivity index (χ3n) is 3.27. The first-order valence-electron chi connectivity index (χ1n) is 6.59. The first-order valence-corrected chi connectivity index (χ1v) is 6.59. The zero-order chi connectivity index (χ0) is 14.4. The molecule has 1 atom stereocenters. The van der Waals surface area contributed by atoms with E-state index in [2.05, 4.69) is 34.2 Å². The Kier molecular flexibility index (Phi) is 4.70. The molecule has 0 fully saturated rings. The summed E-state index contributed by atoms with van der Waals surface area (Å²) in [6, 6.07) is 18.0. The molecule has 2 aromatic carbocycles. The molecule has 0 spiro atoms. The van der Waals surface area contributed by atoms with E-state index < -0.39 is 0 Å². The summed E-state index contributed by atoms with van der Waals surface area (Å²) in [5, 5.41) is 0. The number of hydrogen-bond acceptors (Lipinski definition) is 3. The largest absolute Gasteiger partial charge is 0.378 e. The second-order valence-electron chi connectivity index (χ2n) is 4.91. The highest BCUT2D eigenvalue weighted by atomic mass is 16.1. The van der Waals surface area contributed by atoms with Crippen LogP contribution in [-0.4, -0.2) is 20.2 Å². The van der Waals surface area contributed by atoms with Crippen LogP contribution in [0.3, 0.4) is 0 Å². The Morgan fingerprint density at radius 1 is 1.05 bits per heavy atom. The van der Waals surface area contributed by atoms with Gasteiger partial charge >= 0.3 is 0 Å². The first-order chi connectivity index (χ1) is 9.70. The summed E-state index contributed by atoms with van der Waals surface area (Å²) in [4.78, 5) is 16.6. The summed E-state index contributed by atoms with van der Waals surface area (Å²) in [5.74, 6) is 0. The van der Waals surface area contributed by atoms with Gasteiger partial charge in [0.2, 0.25) is 6.08 Å². The second kappa shape index (κ2) is 6.69. The molecule has 0 amide bonds. The topological polar surface area (TPSA) is 32.7 Å². The minimum atomic E-state index is -0.168. The summed E-state index contributed by atoms with van der Waals surface area (Å²) in [6.45, 7) is 0. The summed E-state index contributed by atoms with van der Waals surface area (Å²) in [5.41, 5.74) is 3.35. The molecule has 0 N–H and O–H groups in total. The van der Waals surface area contributed by atoms with Gasteiger partial charge in [0, 0.05) is 19.8 Å². The van der Waals surface area contributed by atoms with Crippen molar-refractivity contribution in [3.8, 4) is 0 Å². The van der Waals surface area contributed by atoms with E-state index in [-0.39, 0.29) is 6.04 Å². The standard InChI is InChI=1S/C17H18N2O/c1-19(2)16-10-8-14(9-11-16)12-17(18-13-20)15-6-4-3-5-7-15/h3-11,17H,12H2,1-2H3. The number of hydrogen-bond donors (Lipinski definition) is 0. The van der Waals surface area contributed by atoms with E-state index in [4.69, 9.17) is 0 Å². The number of nitrogens with zero attached hydrogens (tertiary/aromatic N) is 2. The lowest BCUT2D eigenvalue weighted by Gasteiger charge is -2.14. The molecule has 0 saturated heterocycles. The van der Waals surface area contributed by atoms with E-state index in [1.54, 1.807) is 6.08 Å². The molecule has 0 aromatic heterocycles. The molecule has 3 heteroatoms. The summed E-state index contributed by atoms with van der Waals surface area (Å²) >= 11 is 0. The Morgan fingerprint density at radius 2 is 1.70 bits per heavy atom. The predicted molar refractivity (Wildman–Crippen MR) is 81.8 cm³/mol. The average Bonchev–Trinajstić information content (AvgIpc) is 2.48. The number of benzene rings is 2. The van der Waals surface area contributed by atoms with E-state index in [0.29, 0.717) is 6.42 Å². The molecule has 0 heterocycles. The molecule has 2 rings (SSSR count). The van der Waals surface area contributed by atoms with Crippen molar-refractivity contribution in [3.05, 3.63) is 65.7 Å². The Bertz CT molecular complexity index is 584. The summed E-state index contributed by atoms with van der Waals surface area (Å²) < 4.78 is 0. The number of carbonyl (C=O) groups excluding carboxylic acids is 1. The lowest BCUT2D eigenvalue weighted by atomic mass is 9.99. The second-order valence-corrected chi connectivity index (χ2v) is 4.91. The van der Waals surface area contributed by atoms with Gasteiger partial charge in [0.1, 0.15) is 0 Å². The van der Waals surface area contributed by atoms with Gasteiger partial charge in [0.25, 0.3) is 0 Å². The van der Waals surface area contributed by atoms with Crippen molar-refractivity contribution >= 4 is 11.8 Å². The van der Waals surface area contributed by atoms with Gasteiger partial charge in [-0.2, -0.15) is 4.99 Å². The molecule has 0 aliphatic heterocycles. The molecule has 0 bridgehead atoms. The van der Waals surface area contributed by atoms with Gasteiger partial charge < -0.3 is 4.90 Å². The molecular formula is C17H18N2O. The van der Waals surface area contributed by atoms with Gasteiger partial charge in [0.15, 0.2) is 0 Å². The van der Waals surface area contributed by atoms with Gasteiger partial charge in [-0.15, -0.1) is 0 Å². The highest BCUT2D eigenvalue weighted by molar-refractivity contribution is 5.46. The fourth-order valence-electron chi connectivity index (χ4n) is 2.13. The van der Waals surface area contributed by atoms with Gasteiger partial charge in [-0.05, 0) is 29.7 Å². The average molecular weight is 266 g/mol. The quantitative estimate of drug-likeness (QED) is 0.614. The number of aliphatic imine (C=N–C) groups is 1. The van der Waals surface area contributed by atoms with Gasteiger partial charge in [0.05, 0.1) is 6.04 Å². The van der Waals surface area contributed by atoms with Crippen molar-refractivity contribution < 1.29 is 4.79 Å². The summed E-state index contributed by atoms with van der Waals surface area (Å²) in [7, 11) is 4.02. The van der Waals surface area contributed by atoms with E-state index in [1.807, 2.05) is 44.4 Å². The maximum atomic E-state index is 10.6. The van der Waals surface area contributed by atoms with Crippen LogP contribution in [0.5, 0.6) is 0 Å². The molecule has 0 aliphatic rings. The third-order valence-corrected chi connectivity index (χ3v) is 3.27. The van der Waals surface area contributed by atoms with Crippen molar-refractivity contribution in [1.29, 1.82) is 0 Å².